The quantitative estimate of drug-likeness (QED) is 0.300. The average molecular weight is 486 g/mol. The summed E-state index contributed by atoms with van der Waals surface area (Å²) in [5.41, 5.74) is 4.90. The van der Waals surface area contributed by atoms with Gasteiger partial charge in [0.05, 0.1) is 5.75 Å². The van der Waals surface area contributed by atoms with Crippen LogP contribution in [0.15, 0.2) is 31.2 Å². The molecule has 0 fully saturated rings. The van der Waals surface area contributed by atoms with Gasteiger partial charge >= 0.3 is 0 Å². The molecule has 2 amide bonds. The van der Waals surface area contributed by atoms with Gasteiger partial charge in [0.15, 0.2) is 27.1 Å². The van der Waals surface area contributed by atoms with Crippen molar-refractivity contribution in [1.82, 2.24) is 20.2 Å². The van der Waals surface area contributed by atoms with Crippen LogP contribution in [-0.4, -0.2) is 37.7 Å². The average Bonchev–Trinajstić information content (AvgIpc) is 3.24. The Bertz CT molecular complexity index is 1090. The van der Waals surface area contributed by atoms with Gasteiger partial charge in [-0.05, 0) is 35.0 Å². The number of thioether (sulfide) groups is 1. The van der Waals surface area contributed by atoms with Crippen molar-refractivity contribution in [3.05, 3.63) is 37.9 Å². The first-order valence-electron chi connectivity index (χ1n) is 7.51. The minimum Gasteiger partial charge on any atom is -0.444 e. The number of rotatable bonds is 6. The first-order valence-corrected chi connectivity index (χ1v) is 10.1. The fourth-order valence-electron chi connectivity index (χ4n) is 1.91. The van der Waals surface area contributed by atoms with Crippen molar-refractivity contribution in [2.24, 2.45) is 0 Å². The lowest BCUT2D eigenvalue weighted by Gasteiger charge is -2.07. The largest absolute Gasteiger partial charge is 0.444 e. The lowest BCUT2D eigenvalue weighted by Crippen LogP contribution is -2.23. The number of carbonyl (C=O) groups is 2. The van der Waals surface area contributed by atoms with Gasteiger partial charge in [-0.1, -0.05) is 23.1 Å². The van der Waals surface area contributed by atoms with Crippen LogP contribution in [0.4, 0.5) is 16.6 Å². The molecular formula is C14H12BrN7O4S2. The van der Waals surface area contributed by atoms with Gasteiger partial charge in [-0.15, -0.1) is 10.2 Å². The maximum absolute atomic E-state index is 12.2. The van der Waals surface area contributed by atoms with E-state index in [0.717, 1.165) is 16.8 Å². The Hall–Kier alpha value is -2.71. The zero-order valence-electron chi connectivity index (χ0n) is 14.1. The minimum absolute atomic E-state index is 0.00675. The summed E-state index contributed by atoms with van der Waals surface area (Å²) in [4.78, 5) is 42.7. The van der Waals surface area contributed by atoms with Gasteiger partial charge in [0.2, 0.25) is 11.0 Å². The molecule has 0 aliphatic heterocycles. The van der Waals surface area contributed by atoms with E-state index in [0.29, 0.717) is 9.80 Å². The molecule has 0 aliphatic carbocycles. The number of aromatic nitrogens is 4. The Morgan fingerprint density at radius 3 is 2.75 bits per heavy atom. The second kappa shape index (κ2) is 8.53. The number of nitrogens with one attached hydrogen (secondary N) is 3. The number of hydrogen-bond donors (Lipinski definition) is 4. The first-order chi connectivity index (χ1) is 13.3. The summed E-state index contributed by atoms with van der Waals surface area (Å²) in [6.45, 7) is 1.77. The number of H-pyrrole nitrogens is 1. The predicted molar refractivity (Wildman–Crippen MR) is 108 cm³/mol. The Morgan fingerprint density at radius 1 is 1.36 bits per heavy atom. The van der Waals surface area contributed by atoms with Crippen molar-refractivity contribution in [3.63, 3.8) is 0 Å². The van der Waals surface area contributed by atoms with Crippen LogP contribution in [0.1, 0.15) is 15.6 Å². The minimum atomic E-state index is -0.658. The standard InChI is InChI=1S/C14H12BrN7O4S2/c1-5-21-22-14(28-5)17-8(23)4-27-13-19-10(16)9(12(25)20-13)18-11(24)6-2-3-7(15)26-6/h2-3H,4H2,1H3,(H,18,24)(H,17,22,23)(H3,16,19,20,25). The van der Waals surface area contributed by atoms with Gasteiger partial charge in [0, 0.05) is 0 Å². The maximum Gasteiger partial charge on any atom is 0.291 e. The van der Waals surface area contributed by atoms with Crippen molar-refractivity contribution in [2.45, 2.75) is 12.1 Å². The fraction of sp³-hybridized carbons (Fsp3) is 0.143. The molecule has 0 aromatic carbocycles. The maximum atomic E-state index is 12.2. The number of aryl methyl sites for hydroxylation is 1. The normalized spacial score (nSPS) is 10.6. The van der Waals surface area contributed by atoms with Gasteiger partial charge in [0.1, 0.15) is 5.01 Å². The lowest BCUT2D eigenvalue weighted by atomic mass is 10.4. The van der Waals surface area contributed by atoms with Crippen molar-refractivity contribution >= 4 is 67.5 Å². The molecule has 14 heteroatoms. The zero-order valence-corrected chi connectivity index (χ0v) is 17.3. The number of hydrogen-bond acceptors (Lipinski definition) is 10. The number of aromatic amines is 1. The second-order valence-electron chi connectivity index (χ2n) is 5.15. The molecule has 0 unspecified atom stereocenters. The number of nitrogens with zero attached hydrogens (tertiary/aromatic N) is 3. The molecule has 0 radical (unpaired) electrons. The van der Waals surface area contributed by atoms with Gasteiger partial charge in [0.25, 0.3) is 11.5 Å². The molecule has 3 heterocycles. The Balaban J connectivity index is 1.63. The summed E-state index contributed by atoms with van der Waals surface area (Å²) < 4.78 is 5.48. The third-order valence-corrected chi connectivity index (χ3v) is 5.13. The van der Waals surface area contributed by atoms with Crippen molar-refractivity contribution in [1.29, 1.82) is 0 Å². The van der Waals surface area contributed by atoms with E-state index in [2.05, 4.69) is 46.7 Å². The number of halogens is 1. The van der Waals surface area contributed by atoms with Gasteiger partial charge < -0.3 is 15.5 Å². The first kappa shape index (κ1) is 20.0. The monoisotopic (exact) mass is 485 g/mol. The Labute approximate surface area is 173 Å². The van der Waals surface area contributed by atoms with Crippen LogP contribution in [0.2, 0.25) is 0 Å². The SMILES string of the molecule is Cc1nnc(NC(=O)CSc2nc(N)c(NC(=O)c3ccc(Br)o3)c(=O)[nH]2)s1. The Kier molecular flexibility index (Phi) is 6.11. The van der Waals surface area contributed by atoms with Crippen molar-refractivity contribution in [3.8, 4) is 0 Å². The highest BCUT2D eigenvalue weighted by atomic mass is 79.9. The molecule has 3 aromatic heterocycles. The van der Waals surface area contributed by atoms with Crippen LogP contribution < -0.4 is 21.9 Å². The van der Waals surface area contributed by atoms with Gasteiger partial charge in [-0.2, -0.15) is 0 Å². The zero-order chi connectivity index (χ0) is 20.3. The number of furan rings is 1. The number of amides is 2. The number of nitrogen functional groups attached to an aromatic ring is 1. The summed E-state index contributed by atoms with van der Waals surface area (Å²) >= 11 is 5.29. The van der Waals surface area contributed by atoms with Gasteiger partial charge in [-0.25, -0.2) is 4.98 Å². The number of nitrogens with two attached hydrogens (primary N) is 1. The summed E-state index contributed by atoms with van der Waals surface area (Å²) in [6.07, 6.45) is 0. The third kappa shape index (κ3) is 4.96. The molecule has 28 heavy (non-hydrogen) atoms. The Morgan fingerprint density at radius 2 is 2.14 bits per heavy atom. The topological polar surface area (TPSA) is 169 Å². The molecular weight excluding hydrogens is 474 g/mol. The summed E-state index contributed by atoms with van der Waals surface area (Å²) in [5, 5.41) is 13.7. The van der Waals surface area contributed by atoms with E-state index >= 15 is 0 Å². The highest BCUT2D eigenvalue weighted by molar-refractivity contribution is 9.10. The smallest absolute Gasteiger partial charge is 0.291 e. The predicted octanol–water partition coefficient (Wildman–Crippen LogP) is 1.85. The molecule has 0 spiro atoms. The molecule has 0 saturated heterocycles. The van der Waals surface area contributed by atoms with E-state index < -0.39 is 11.5 Å². The van der Waals surface area contributed by atoms with Crippen LogP contribution in [0.5, 0.6) is 0 Å². The molecule has 3 aromatic rings. The van der Waals surface area contributed by atoms with Crippen LogP contribution >= 0.6 is 39.0 Å². The van der Waals surface area contributed by atoms with E-state index in [1.807, 2.05) is 0 Å². The fourth-order valence-corrected chi connectivity index (χ4v) is 3.49. The highest BCUT2D eigenvalue weighted by Gasteiger charge is 2.17. The lowest BCUT2D eigenvalue weighted by molar-refractivity contribution is -0.113. The van der Waals surface area contributed by atoms with Crippen molar-refractivity contribution in [2.75, 3.05) is 22.1 Å². The van der Waals surface area contributed by atoms with E-state index in [1.54, 1.807) is 6.92 Å². The number of carbonyl (C=O) groups excluding carboxylic acids is 2. The molecule has 0 aliphatic rings. The van der Waals surface area contributed by atoms with Crippen LogP contribution in [-0.2, 0) is 4.79 Å². The number of anilines is 3. The molecule has 146 valence electrons. The molecule has 0 atom stereocenters. The highest BCUT2D eigenvalue weighted by Crippen LogP contribution is 2.20. The molecule has 0 saturated carbocycles. The van der Waals surface area contributed by atoms with E-state index in [1.165, 1.54) is 23.5 Å². The summed E-state index contributed by atoms with van der Waals surface area (Å²) in [6, 6.07) is 2.97. The van der Waals surface area contributed by atoms with E-state index in [4.69, 9.17) is 10.2 Å². The summed E-state index contributed by atoms with van der Waals surface area (Å²) in [7, 11) is 0. The van der Waals surface area contributed by atoms with Gasteiger partial charge in [-0.3, -0.25) is 24.7 Å². The van der Waals surface area contributed by atoms with Crippen LogP contribution in [0, 0.1) is 6.92 Å². The van der Waals surface area contributed by atoms with Crippen LogP contribution in [0.3, 0.4) is 0 Å². The summed E-state index contributed by atoms with van der Waals surface area (Å²) in [5.74, 6) is -1.23. The third-order valence-electron chi connectivity index (χ3n) is 3.07. The second-order valence-corrected chi connectivity index (χ2v) is 8.08. The van der Waals surface area contributed by atoms with E-state index in [-0.39, 0.29) is 34.1 Å². The van der Waals surface area contributed by atoms with E-state index in [9.17, 15) is 14.4 Å². The molecule has 3 rings (SSSR count). The van der Waals surface area contributed by atoms with Crippen molar-refractivity contribution < 1.29 is 14.0 Å². The molecule has 0 bridgehead atoms. The molecule has 5 N–H and O–H groups in total. The van der Waals surface area contributed by atoms with Crippen LogP contribution in [0.25, 0.3) is 0 Å². The molecule has 11 nitrogen and oxygen atoms in total.